The van der Waals surface area contributed by atoms with Crippen molar-refractivity contribution in [1.82, 2.24) is 5.32 Å². The molecule has 0 bridgehead atoms. The Morgan fingerprint density at radius 1 is 1.24 bits per heavy atom. The molecule has 2 aromatic rings. The molecule has 1 aromatic carbocycles. The predicted octanol–water partition coefficient (Wildman–Crippen LogP) is 3.65. The maximum atomic E-state index is 12.5. The SMILES string of the molecule is CNCc1csc(S(=O)(=O)Nc2c(C)cc(C)cc2Br)c1. The molecule has 2 N–H and O–H groups in total. The standard InChI is InChI=1S/C14H17BrN2O2S2/c1-9-4-10(2)14(12(15)5-9)17-21(18,19)13-6-11(7-16-3)8-20-13/h4-6,8,16-17H,7H2,1-3H3. The second-order valence-electron chi connectivity index (χ2n) is 4.85. The van der Waals surface area contributed by atoms with Crippen molar-refractivity contribution in [3.63, 3.8) is 0 Å². The fourth-order valence-electron chi connectivity index (χ4n) is 2.02. The molecule has 0 fully saturated rings. The van der Waals surface area contributed by atoms with Crippen molar-refractivity contribution in [3.05, 3.63) is 44.7 Å². The number of thiophene rings is 1. The highest BCUT2D eigenvalue weighted by molar-refractivity contribution is 9.10. The predicted molar refractivity (Wildman–Crippen MR) is 91.5 cm³/mol. The average Bonchev–Trinajstić information content (AvgIpc) is 2.84. The molecule has 1 aromatic heterocycles. The van der Waals surface area contributed by atoms with Crippen molar-refractivity contribution >= 4 is 43.0 Å². The maximum absolute atomic E-state index is 12.5. The molecule has 0 aliphatic carbocycles. The summed E-state index contributed by atoms with van der Waals surface area (Å²) in [6, 6.07) is 5.54. The molecular formula is C14H17BrN2O2S2. The van der Waals surface area contributed by atoms with E-state index < -0.39 is 10.0 Å². The Bertz CT molecular complexity index is 731. The summed E-state index contributed by atoms with van der Waals surface area (Å²) < 4.78 is 28.7. The van der Waals surface area contributed by atoms with Crippen molar-refractivity contribution < 1.29 is 8.42 Å². The number of sulfonamides is 1. The number of benzene rings is 1. The van der Waals surface area contributed by atoms with E-state index in [9.17, 15) is 8.42 Å². The van der Waals surface area contributed by atoms with E-state index in [0.717, 1.165) is 21.2 Å². The van der Waals surface area contributed by atoms with Gasteiger partial charge >= 0.3 is 0 Å². The average molecular weight is 389 g/mol. The number of hydrogen-bond donors (Lipinski definition) is 2. The van der Waals surface area contributed by atoms with Gasteiger partial charge in [0.25, 0.3) is 10.0 Å². The quantitative estimate of drug-likeness (QED) is 0.821. The van der Waals surface area contributed by atoms with E-state index in [1.165, 1.54) is 11.3 Å². The van der Waals surface area contributed by atoms with Crippen LogP contribution in [0.3, 0.4) is 0 Å². The first-order valence-corrected chi connectivity index (χ1v) is 9.50. The highest BCUT2D eigenvalue weighted by Gasteiger charge is 2.19. The van der Waals surface area contributed by atoms with Gasteiger partial charge in [0.2, 0.25) is 0 Å². The fraction of sp³-hybridized carbons (Fsp3) is 0.286. The van der Waals surface area contributed by atoms with Crippen LogP contribution in [0.1, 0.15) is 16.7 Å². The Morgan fingerprint density at radius 3 is 2.57 bits per heavy atom. The van der Waals surface area contributed by atoms with Gasteiger partial charge in [-0.1, -0.05) is 6.07 Å². The molecule has 0 atom stereocenters. The molecular weight excluding hydrogens is 372 g/mol. The third-order valence-electron chi connectivity index (χ3n) is 2.94. The summed E-state index contributed by atoms with van der Waals surface area (Å²) in [5, 5.41) is 4.86. The van der Waals surface area contributed by atoms with E-state index in [-0.39, 0.29) is 0 Å². The van der Waals surface area contributed by atoms with Gasteiger partial charge in [-0.3, -0.25) is 4.72 Å². The van der Waals surface area contributed by atoms with Gasteiger partial charge in [-0.05, 0) is 71.0 Å². The first kappa shape index (κ1) is 16.5. The van der Waals surface area contributed by atoms with Crippen LogP contribution in [-0.2, 0) is 16.6 Å². The van der Waals surface area contributed by atoms with Crippen molar-refractivity contribution in [2.45, 2.75) is 24.6 Å². The third kappa shape index (κ3) is 3.85. The smallest absolute Gasteiger partial charge is 0.271 e. The summed E-state index contributed by atoms with van der Waals surface area (Å²) in [6.45, 7) is 4.51. The van der Waals surface area contributed by atoms with Crippen LogP contribution in [-0.4, -0.2) is 15.5 Å². The van der Waals surface area contributed by atoms with E-state index in [1.807, 2.05) is 38.4 Å². The molecule has 21 heavy (non-hydrogen) atoms. The molecule has 0 amide bonds. The Balaban J connectivity index is 2.33. The number of hydrogen-bond acceptors (Lipinski definition) is 4. The van der Waals surface area contributed by atoms with Gasteiger partial charge in [-0.15, -0.1) is 11.3 Å². The zero-order valence-corrected chi connectivity index (χ0v) is 15.2. The van der Waals surface area contributed by atoms with Crippen LogP contribution in [0.2, 0.25) is 0 Å². The number of halogens is 1. The van der Waals surface area contributed by atoms with Gasteiger partial charge < -0.3 is 5.32 Å². The highest BCUT2D eigenvalue weighted by Crippen LogP contribution is 2.31. The first-order valence-electron chi connectivity index (χ1n) is 6.35. The Labute approximate surface area is 137 Å². The van der Waals surface area contributed by atoms with Crippen LogP contribution in [0.15, 0.2) is 32.3 Å². The van der Waals surface area contributed by atoms with Gasteiger partial charge in [-0.25, -0.2) is 8.42 Å². The Morgan fingerprint density at radius 2 is 1.95 bits per heavy atom. The molecule has 0 radical (unpaired) electrons. The second kappa shape index (κ2) is 6.48. The maximum Gasteiger partial charge on any atom is 0.271 e. The lowest BCUT2D eigenvalue weighted by Gasteiger charge is -2.12. The molecule has 0 unspecified atom stereocenters. The van der Waals surface area contributed by atoms with Crippen LogP contribution >= 0.6 is 27.3 Å². The lowest BCUT2D eigenvalue weighted by atomic mass is 10.1. The van der Waals surface area contributed by atoms with Gasteiger partial charge in [0.15, 0.2) is 0 Å². The van der Waals surface area contributed by atoms with Crippen molar-refractivity contribution in [2.75, 3.05) is 11.8 Å². The normalized spacial score (nSPS) is 11.6. The minimum absolute atomic E-state index is 0.319. The fourth-order valence-corrected chi connectivity index (χ4v) is 5.29. The number of aryl methyl sites for hydroxylation is 2. The van der Waals surface area contributed by atoms with E-state index in [4.69, 9.17) is 0 Å². The largest absolute Gasteiger partial charge is 0.316 e. The topological polar surface area (TPSA) is 58.2 Å². The van der Waals surface area contributed by atoms with E-state index >= 15 is 0 Å². The molecule has 2 rings (SSSR count). The number of anilines is 1. The minimum atomic E-state index is -3.56. The van der Waals surface area contributed by atoms with Crippen molar-refractivity contribution in [1.29, 1.82) is 0 Å². The first-order chi connectivity index (χ1) is 9.83. The molecule has 0 aliphatic rings. The number of rotatable bonds is 5. The molecule has 4 nitrogen and oxygen atoms in total. The van der Waals surface area contributed by atoms with Crippen LogP contribution < -0.4 is 10.0 Å². The van der Waals surface area contributed by atoms with Crippen molar-refractivity contribution in [3.8, 4) is 0 Å². The van der Waals surface area contributed by atoms with Crippen LogP contribution in [0.25, 0.3) is 0 Å². The Kier molecular flexibility index (Phi) is 5.08. The third-order valence-corrected chi connectivity index (χ3v) is 6.41. The van der Waals surface area contributed by atoms with Gasteiger partial charge in [0.1, 0.15) is 4.21 Å². The van der Waals surface area contributed by atoms with E-state index in [2.05, 4.69) is 26.0 Å². The molecule has 0 saturated carbocycles. The lowest BCUT2D eigenvalue weighted by molar-refractivity contribution is 0.603. The van der Waals surface area contributed by atoms with E-state index in [0.29, 0.717) is 16.4 Å². The Hall–Kier alpha value is -0.890. The summed E-state index contributed by atoms with van der Waals surface area (Å²) in [7, 11) is -1.73. The van der Waals surface area contributed by atoms with Crippen molar-refractivity contribution in [2.24, 2.45) is 0 Å². The van der Waals surface area contributed by atoms with E-state index in [1.54, 1.807) is 6.07 Å². The summed E-state index contributed by atoms with van der Waals surface area (Å²) >= 11 is 4.64. The zero-order chi connectivity index (χ0) is 15.6. The van der Waals surface area contributed by atoms with Crippen LogP contribution in [0, 0.1) is 13.8 Å². The monoisotopic (exact) mass is 388 g/mol. The van der Waals surface area contributed by atoms with Crippen LogP contribution in [0.5, 0.6) is 0 Å². The summed E-state index contributed by atoms with van der Waals surface area (Å²) in [6.07, 6.45) is 0. The second-order valence-corrected chi connectivity index (χ2v) is 8.52. The van der Waals surface area contributed by atoms with Gasteiger partial charge in [0, 0.05) is 11.0 Å². The van der Waals surface area contributed by atoms with Gasteiger partial charge in [-0.2, -0.15) is 0 Å². The molecule has 0 aliphatic heterocycles. The minimum Gasteiger partial charge on any atom is -0.316 e. The summed E-state index contributed by atoms with van der Waals surface area (Å²) in [4.78, 5) is 0. The molecule has 0 saturated heterocycles. The molecule has 0 spiro atoms. The lowest BCUT2D eigenvalue weighted by Crippen LogP contribution is -2.13. The summed E-state index contributed by atoms with van der Waals surface area (Å²) in [5.41, 5.74) is 3.51. The van der Waals surface area contributed by atoms with Crippen LogP contribution in [0.4, 0.5) is 5.69 Å². The highest BCUT2D eigenvalue weighted by atomic mass is 79.9. The molecule has 7 heteroatoms. The van der Waals surface area contributed by atoms with Gasteiger partial charge in [0.05, 0.1) is 5.69 Å². The molecule has 114 valence electrons. The number of nitrogens with one attached hydrogen (secondary N) is 2. The zero-order valence-electron chi connectivity index (χ0n) is 12.0. The molecule has 1 heterocycles. The summed E-state index contributed by atoms with van der Waals surface area (Å²) in [5.74, 6) is 0.